The highest BCUT2D eigenvalue weighted by Gasteiger charge is 2.29. The van der Waals surface area contributed by atoms with Crippen LogP contribution in [0.2, 0.25) is 0 Å². The van der Waals surface area contributed by atoms with Gasteiger partial charge in [-0.05, 0) is 45.7 Å². The van der Waals surface area contributed by atoms with E-state index in [2.05, 4.69) is 15.5 Å². The van der Waals surface area contributed by atoms with E-state index in [4.69, 9.17) is 0 Å². The molecule has 0 aromatic heterocycles. The molecule has 1 aliphatic rings. The molecule has 1 unspecified atom stereocenters. The first-order valence-electron chi connectivity index (χ1n) is 6.06. The van der Waals surface area contributed by atoms with Crippen molar-refractivity contribution < 1.29 is 9.18 Å². The molecule has 0 aliphatic carbocycles. The number of carbonyl (C=O) groups excluding carboxylic acids is 1. The Balaban J connectivity index is 1.96. The summed E-state index contributed by atoms with van der Waals surface area (Å²) in [5.41, 5.74) is 1.40. The van der Waals surface area contributed by atoms with E-state index in [1.807, 2.05) is 14.1 Å². The number of amides is 1. The molecule has 2 rings (SSSR count). The van der Waals surface area contributed by atoms with E-state index < -0.39 is 0 Å². The fourth-order valence-corrected chi connectivity index (χ4v) is 2.08. The minimum Gasteiger partial charge on any atom is -0.324 e. The number of carbonyl (C=O) groups is 1. The number of hydrogen-bond acceptors (Lipinski definition) is 3. The third-order valence-corrected chi connectivity index (χ3v) is 2.98. The Labute approximate surface area is 106 Å². The highest BCUT2D eigenvalue weighted by Crippen LogP contribution is 2.30. The highest BCUT2D eigenvalue weighted by molar-refractivity contribution is 6.02. The molecular weight excluding hydrogens is 233 g/mol. The van der Waals surface area contributed by atoms with E-state index in [-0.39, 0.29) is 17.8 Å². The first-order chi connectivity index (χ1) is 8.58. The Hall–Kier alpha value is -1.46. The zero-order valence-electron chi connectivity index (χ0n) is 10.7. The Morgan fingerprint density at radius 1 is 1.44 bits per heavy atom. The quantitative estimate of drug-likeness (QED) is 0.777. The zero-order chi connectivity index (χ0) is 13.1. The first-order valence-corrected chi connectivity index (χ1v) is 6.06. The van der Waals surface area contributed by atoms with Crippen molar-refractivity contribution >= 4 is 11.6 Å². The first kappa shape index (κ1) is 13.0. The SMILES string of the molecule is CN(C)CCCNC1C(=O)Nc2cc(F)ccc21. The van der Waals surface area contributed by atoms with E-state index in [9.17, 15) is 9.18 Å². The van der Waals surface area contributed by atoms with Crippen molar-refractivity contribution in [3.8, 4) is 0 Å². The van der Waals surface area contributed by atoms with Crippen LogP contribution in [0.5, 0.6) is 0 Å². The fraction of sp³-hybridized carbons (Fsp3) is 0.462. The number of rotatable bonds is 5. The second kappa shape index (κ2) is 5.46. The number of halogens is 1. The predicted molar refractivity (Wildman–Crippen MR) is 68.9 cm³/mol. The van der Waals surface area contributed by atoms with E-state index in [0.29, 0.717) is 5.69 Å². The number of anilines is 1. The van der Waals surface area contributed by atoms with Gasteiger partial charge in [-0.3, -0.25) is 4.79 Å². The lowest BCUT2D eigenvalue weighted by Gasteiger charge is -2.13. The summed E-state index contributed by atoms with van der Waals surface area (Å²) in [5, 5.41) is 5.89. The lowest BCUT2D eigenvalue weighted by atomic mass is 10.1. The summed E-state index contributed by atoms with van der Waals surface area (Å²) in [6, 6.07) is 4.04. The summed E-state index contributed by atoms with van der Waals surface area (Å²) in [4.78, 5) is 13.9. The van der Waals surface area contributed by atoms with Crippen molar-refractivity contribution in [1.29, 1.82) is 0 Å². The van der Waals surface area contributed by atoms with Crippen LogP contribution in [0.1, 0.15) is 18.0 Å². The summed E-state index contributed by atoms with van der Waals surface area (Å²) < 4.78 is 13.0. The van der Waals surface area contributed by atoms with Crippen molar-refractivity contribution in [3.05, 3.63) is 29.6 Å². The van der Waals surface area contributed by atoms with Crippen molar-refractivity contribution in [2.75, 3.05) is 32.5 Å². The number of benzene rings is 1. The molecule has 0 saturated carbocycles. The maximum Gasteiger partial charge on any atom is 0.246 e. The molecule has 1 heterocycles. The zero-order valence-corrected chi connectivity index (χ0v) is 10.7. The Bertz CT molecular complexity index is 448. The predicted octanol–water partition coefficient (Wildman–Crippen LogP) is 1.36. The molecule has 0 spiro atoms. The van der Waals surface area contributed by atoms with Crippen molar-refractivity contribution in [2.24, 2.45) is 0 Å². The summed E-state index contributed by atoms with van der Waals surface area (Å²) in [6.07, 6.45) is 0.966. The van der Waals surface area contributed by atoms with Gasteiger partial charge in [0.05, 0.1) is 0 Å². The van der Waals surface area contributed by atoms with Crippen molar-refractivity contribution in [1.82, 2.24) is 10.2 Å². The Kier molecular flexibility index (Phi) is 3.93. The maximum absolute atomic E-state index is 13.0. The van der Waals surface area contributed by atoms with E-state index in [1.165, 1.54) is 12.1 Å². The number of fused-ring (bicyclic) bond motifs is 1. The van der Waals surface area contributed by atoms with Gasteiger partial charge in [-0.1, -0.05) is 6.07 Å². The molecule has 0 fully saturated rings. The molecule has 5 heteroatoms. The minimum atomic E-state index is -0.359. The molecule has 1 aromatic rings. The second-order valence-electron chi connectivity index (χ2n) is 4.76. The molecule has 1 aliphatic heterocycles. The van der Waals surface area contributed by atoms with Gasteiger partial charge >= 0.3 is 0 Å². The van der Waals surface area contributed by atoms with E-state index >= 15 is 0 Å². The molecule has 4 nitrogen and oxygen atoms in total. The Morgan fingerprint density at radius 3 is 2.94 bits per heavy atom. The van der Waals surface area contributed by atoms with Gasteiger partial charge in [0, 0.05) is 11.3 Å². The smallest absolute Gasteiger partial charge is 0.246 e. The fourth-order valence-electron chi connectivity index (χ4n) is 2.08. The average Bonchev–Trinajstić information content (AvgIpc) is 2.59. The van der Waals surface area contributed by atoms with Gasteiger partial charge < -0.3 is 15.5 Å². The second-order valence-corrected chi connectivity index (χ2v) is 4.76. The third kappa shape index (κ3) is 2.86. The minimum absolute atomic E-state index is 0.111. The van der Waals surface area contributed by atoms with Crippen LogP contribution in [0, 0.1) is 5.82 Å². The number of nitrogens with zero attached hydrogens (tertiary/aromatic N) is 1. The van der Waals surface area contributed by atoms with Crippen LogP contribution in [0.4, 0.5) is 10.1 Å². The molecule has 1 amide bonds. The van der Waals surface area contributed by atoms with E-state index in [1.54, 1.807) is 6.07 Å². The van der Waals surface area contributed by atoms with Gasteiger partial charge in [-0.15, -0.1) is 0 Å². The van der Waals surface area contributed by atoms with Gasteiger partial charge in [-0.25, -0.2) is 4.39 Å². The van der Waals surface area contributed by atoms with Crippen molar-refractivity contribution in [3.63, 3.8) is 0 Å². The lowest BCUT2D eigenvalue weighted by Crippen LogP contribution is -2.29. The third-order valence-electron chi connectivity index (χ3n) is 2.98. The molecule has 0 saturated heterocycles. The topological polar surface area (TPSA) is 44.4 Å². The summed E-state index contributed by atoms with van der Waals surface area (Å²) >= 11 is 0. The van der Waals surface area contributed by atoms with Crippen LogP contribution in [0.25, 0.3) is 0 Å². The number of nitrogens with one attached hydrogen (secondary N) is 2. The summed E-state index contributed by atoms with van der Waals surface area (Å²) in [5.74, 6) is -0.442. The monoisotopic (exact) mass is 251 g/mol. The normalized spacial score (nSPS) is 18.0. The lowest BCUT2D eigenvalue weighted by molar-refractivity contribution is -0.117. The molecule has 1 aromatic carbocycles. The van der Waals surface area contributed by atoms with Gasteiger partial charge in [0.1, 0.15) is 11.9 Å². The summed E-state index contributed by atoms with van der Waals surface area (Å²) in [6.45, 7) is 1.73. The Morgan fingerprint density at radius 2 is 2.22 bits per heavy atom. The molecule has 98 valence electrons. The van der Waals surface area contributed by atoms with Crippen LogP contribution in [-0.4, -0.2) is 38.0 Å². The molecule has 18 heavy (non-hydrogen) atoms. The van der Waals surface area contributed by atoms with Crippen LogP contribution in [-0.2, 0) is 4.79 Å². The molecular formula is C13H18FN3O. The molecule has 1 atom stereocenters. The summed E-state index contributed by atoms with van der Waals surface area (Å²) in [7, 11) is 4.03. The average molecular weight is 251 g/mol. The standard InChI is InChI=1S/C13H18FN3O/c1-17(2)7-3-6-15-12-10-5-4-9(14)8-11(10)16-13(12)18/h4-5,8,12,15H,3,6-7H2,1-2H3,(H,16,18). The highest BCUT2D eigenvalue weighted by atomic mass is 19.1. The van der Waals surface area contributed by atoms with Gasteiger partial charge in [0.15, 0.2) is 0 Å². The molecule has 0 radical (unpaired) electrons. The van der Waals surface area contributed by atoms with Crippen LogP contribution in [0.3, 0.4) is 0 Å². The molecule has 2 N–H and O–H groups in total. The largest absolute Gasteiger partial charge is 0.324 e. The van der Waals surface area contributed by atoms with Crippen LogP contribution >= 0.6 is 0 Å². The molecule has 0 bridgehead atoms. The maximum atomic E-state index is 13.0. The van der Waals surface area contributed by atoms with Gasteiger partial charge in [0.2, 0.25) is 5.91 Å². The van der Waals surface area contributed by atoms with Crippen LogP contribution in [0.15, 0.2) is 18.2 Å². The van der Waals surface area contributed by atoms with Crippen LogP contribution < -0.4 is 10.6 Å². The van der Waals surface area contributed by atoms with E-state index in [0.717, 1.165) is 25.1 Å². The number of hydrogen-bond donors (Lipinski definition) is 2. The van der Waals surface area contributed by atoms with Crippen molar-refractivity contribution in [2.45, 2.75) is 12.5 Å². The van der Waals surface area contributed by atoms with Gasteiger partial charge in [-0.2, -0.15) is 0 Å². The van der Waals surface area contributed by atoms with Gasteiger partial charge in [0.25, 0.3) is 0 Å².